The van der Waals surface area contributed by atoms with E-state index in [0.717, 1.165) is 0 Å². The van der Waals surface area contributed by atoms with Crippen molar-refractivity contribution in [1.29, 1.82) is 0 Å². The molecule has 0 aromatic rings. The van der Waals surface area contributed by atoms with Crippen molar-refractivity contribution in [2.75, 3.05) is 6.61 Å². The van der Waals surface area contributed by atoms with Crippen LogP contribution in [0.25, 0.3) is 0 Å². The Labute approximate surface area is 92.4 Å². The molecule has 0 saturated heterocycles. The van der Waals surface area contributed by atoms with Gasteiger partial charge in [0.15, 0.2) is 6.10 Å². The van der Waals surface area contributed by atoms with E-state index < -0.39 is 29.5 Å². The van der Waals surface area contributed by atoms with Crippen molar-refractivity contribution in [2.45, 2.75) is 38.6 Å². The molecule has 2 atom stereocenters. The predicted molar refractivity (Wildman–Crippen MR) is 52.4 cm³/mol. The van der Waals surface area contributed by atoms with Crippen molar-refractivity contribution in [2.24, 2.45) is 0 Å². The highest BCUT2D eigenvalue weighted by Gasteiger charge is 2.50. The summed E-state index contributed by atoms with van der Waals surface area (Å²) in [5.74, 6) is -0.947. The smallest absolute Gasteiger partial charge is 0.408 e. The van der Waals surface area contributed by atoms with E-state index in [1.807, 2.05) is 0 Å². The first-order chi connectivity index (χ1) is 7.29. The molecule has 0 aromatic heterocycles. The molecule has 0 bridgehead atoms. The predicted octanol–water partition coefficient (Wildman–Crippen LogP) is -1.05. The Morgan fingerprint density at radius 1 is 1.69 bits per heavy atom. The van der Waals surface area contributed by atoms with Gasteiger partial charge in [-0.25, -0.2) is 4.79 Å². The maximum atomic E-state index is 11.3. The van der Waals surface area contributed by atoms with Crippen LogP contribution in [0.15, 0.2) is 0 Å². The van der Waals surface area contributed by atoms with Crippen LogP contribution in [0.1, 0.15) is 20.8 Å². The van der Waals surface area contributed by atoms with Gasteiger partial charge in [-0.15, -0.1) is 0 Å². The second-order valence-corrected chi connectivity index (χ2v) is 3.99. The Morgan fingerprint density at radius 3 is 2.62 bits per heavy atom. The lowest BCUT2D eigenvalue weighted by Gasteiger charge is -2.27. The Morgan fingerprint density at radius 2 is 2.25 bits per heavy atom. The average Bonchev–Trinajstić information content (AvgIpc) is 2.41. The van der Waals surface area contributed by atoms with Crippen molar-refractivity contribution in [3.63, 3.8) is 0 Å². The summed E-state index contributed by atoms with van der Waals surface area (Å²) in [5.41, 5.74) is -2.00. The first-order valence-corrected chi connectivity index (χ1v) is 4.87. The van der Waals surface area contributed by atoms with Crippen LogP contribution in [-0.2, 0) is 14.4 Å². The molecule has 1 heterocycles. The maximum absolute atomic E-state index is 11.3. The van der Waals surface area contributed by atoms with E-state index in [0.29, 0.717) is 0 Å². The van der Waals surface area contributed by atoms with Gasteiger partial charge < -0.3 is 19.8 Å². The van der Waals surface area contributed by atoms with Crippen molar-refractivity contribution in [3.05, 3.63) is 5.21 Å². The maximum Gasteiger partial charge on any atom is 0.408 e. The van der Waals surface area contributed by atoms with Gasteiger partial charge in [-0.2, -0.15) is 0 Å². The fourth-order valence-electron chi connectivity index (χ4n) is 1.38. The summed E-state index contributed by atoms with van der Waals surface area (Å²) in [7, 11) is 0. The number of carbonyl (C=O) groups excluding carboxylic acids is 1. The Bertz CT molecular complexity index is 318. The van der Waals surface area contributed by atoms with Crippen LogP contribution in [0, 0.1) is 5.21 Å². The summed E-state index contributed by atoms with van der Waals surface area (Å²) >= 11 is 0. The summed E-state index contributed by atoms with van der Waals surface area (Å²) in [4.78, 5) is 15.9. The average molecular weight is 233 g/mol. The molecule has 0 saturated carbocycles. The van der Waals surface area contributed by atoms with Gasteiger partial charge >= 0.3 is 11.7 Å². The number of aliphatic hydroxyl groups is 2. The molecule has 1 rings (SSSR count). The van der Waals surface area contributed by atoms with Crippen LogP contribution in [-0.4, -0.2) is 51.2 Å². The third kappa shape index (κ3) is 2.25. The van der Waals surface area contributed by atoms with E-state index in [1.54, 1.807) is 6.92 Å². The zero-order valence-electron chi connectivity index (χ0n) is 9.34. The summed E-state index contributed by atoms with van der Waals surface area (Å²) in [6.45, 7) is 4.38. The van der Waals surface area contributed by atoms with Gasteiger partial charge in [-0.05, 0) is 20.8 Å². The van der Waals surface area contributed by atoms with Crippen LogP contribution in [0.5, 0.6) is 0 Å². The third-order valence-electron chi connectivity index (χ3n) is 2.15. The normalized spacial score (nSPS) is 25.6. The van der Waals surface area contributed by atoms with Gasteiger partial charge in [0.1, 0.15) is 6.10 Å². The van der Waals surface area contributed by atoms with Crippen molar-refractivity contribution in [3.8, 4) is 0 Å². The number of hydrogen-bond acceptors (Lipinski definition) is 6. The lowest BCUT2D eigenvalue weighted by Crippen LogP contribution is -2.47. The van der Waals surface area contributed by atoms with Crippen LogP contribution in [0.2, 0.25) is 0 Å². The van der Waals surface area contributed by atoms with E-state index >= 15 is 0 Å². The van der Waals surface area contributed by atoms with Crippen LogP contribution >= 0.6 is 0 Å². The standard InChI is InChI=1S/C9H15NO6/c1-4-15-8(12)5-6(11)7(9(2,3)13)16-10(5)14/h6-7,11,13H,4H2,1-3H3/t6-,7+/m1/s1. The minimum Gasteiger partial charge on any atom is -0.458 e. The summed E-state index contributed by atoms with van der Waals surface area (Å²) in [6, 6.07) is 0. The molecule has 1 aliphatic heterocycles. The Hall–Kier alpha value is -1.34. The number of hydrogen-bond donors (Lipinski definition) is 2. The molecule has 7 nitrogen and oxygen atoms in total. The lowest BCUT2D eigenvalue weighted by molar-refractivity contribution is -0.744. The molecule has 0 radical (unpaired) electrons. The number of nitrogens with zero attached hydrogens (tertiary/aromatic N) is 1. The molecular weight excluding hydrogens is 218 g/mol. The van der Waals surface area contributed by atoms with Gasteiger partial charge in [0.05, 0.1) is 17.1 Å². The quantitative estimate of drug-likeness (QED) is 0.476. The number of ether oxygens (including phenoxy) is 1. The molecule has 2 N–H and O–H groups in total. The molecular formula is C9H15NO6. The molecule has 0 aromatic carbocycles. The highest BCUT2D eigenvalue weighted by molar-refractivity contribution is 6.36. The van der Waals surface area contributed by atoms with Gasteiger partial charge in [0.2, 0.25) is 0 Å². The third-order valence-corrected chi connectivity index (χ3v) is 2.15. The second-order valence-electron chi connectivity index (χ2n) is 3.99. The molecule has 0 unspecified atom stereocenters. The molecule has 0 aliphatic carbocycles. The molecule has 92 valence electrons. The number of carbonyl (C=O) groups is 1. The number of esters is 1. The molecule has 0 spiro atoms. The van der Waals surface area contributed by atoms with Crippen LogP contribution in [0.4, 0.5) is 0 Å². The minimum absolute atomic E-state index is 0.0794. The summed E-state index contributed by atoms with van der Waals surface area (Å²) < 4.78 is 4.59. The van der Waals surface area contributed by atoms with Gasteiger partial charge in [-0.3, -0.25) is 5.21 Å². The first-order valence-electron chi connectivity index (χ1n) is 4.87. The number of rotatable bonds is 3. The Balaban J connectivity index is 2.88. The van der Waals surface area contributed by atoms with Gasteiger partial charge in [0, 0.05) is 0 Å². The SMILES string of the molecule is CCOC(=O)C1=[N+]([O-])O[C@H](C(C)(C)O)[C@@H]1O. The molecule has 0 amide bonds. The minimum atomic E-state index is -1.50. The van der Waals surface area contributed by atoms with Crippen molar-refractivity contribution >= 4 is 11.7 Å². The van der Waals surface area contributed by atoms with Crippen LogP contribution in [0.3, 0.4) is 0 Å². The highest BCUT2D eigenvalue weighted by atomic mass is 16.9. The van der Waals surface area contributed by atoms with E-state index in [2.05, 4.69) is 9.57 Å². The fourth-order valence-corrected chi connectivity index (χ4v) is 1.38. The molecule has 0 fully saturated rings. The monoisotopic (exact) mass is 233 g/mol. The Kier molecular flexibility index (Phi) is 3.39. The van der Waals surface area contributed by atoms with Crippen LogP contribution < -0.4 is 0 Å². The summed E-state index contributed by atoms with van der Waals surface area (Å²) in [5, 5.41) is 30.5. The van der Waals surface area contributed by atoms with Crippen molar-refractivity contribution in [1.82, 2.24) is 0 Å². The molecule has 1 aliphatic rings. The summed E-state index contributed by atoms with van der Waals surface area (Å²) in [6.07, 6.45) is -2.69. The zero-order chi connectivity index (χ0) is 12.5. The van der Waals surface area contributed by atoms with Crippen molar-refractivity contribution < 1.29 is 29.5 Å². The highest BCUT2D eigenvalue weighted by Crippen LogP contribution is 2.22. The van der Waals surface area contributed by atoms with E-state index in [-0.39, 0.29) is 11.5 Å². The van der Waals surface area contributed by atoms with E-state index in [9.17, 15) is 20.2 Å². The van der Waals surface area contributed by atoms with E-state index in [4.69, 9.17) is 0 Å². The van der Waals surface area contributed by atoms with E-state index in [1.165, 1.54) is 13.8 Å². The lowest BCUT2D eigenvalue weighted by atomic mass is 9.95. The second kappa shape index (κ2) is 4.26. The number of aliphatic hydroxyl groups excluding tert-OH is 1. The molecule has 16 heavy (non-hydrogen) atoms. The zero-order valence-corrected chi connectivity index (χ0v) is 9.34. The van der Waals surface area contributed by atoms with Gasteiger partial charge in [0.25, 0.3) is 0 Å². The largest absolute Gasteiger partial charge is 0.458 e. The topological polar surface area (TPSA) is 102 Å². The fraction of sp³-hybridized carbons (Fsp3) is 0.778. The molecule has 7 heteroatoms. The van der Waals surface area contributed by atoms with Gasteiger partial charge in [-0.1, -0.05) is 0 Å². The first kappa shape index (κ1) is 12.7.